The summed E-state index contributed by atoms with van der Waals surface area (Å²) in [6.07, 6.45) is 1.07. The van der Waals surface area contributed by atoms with Crippen LogP contribution in [-0.4, -0.2) is 43.7 Å². The normalized spacial score (nSPS) is 17.8. The van der Waals surface area contributed by atoms with E-state index in [2.05, 4.69) is 5.32 Å². The van der Waals surface area contributed by atoms with Gasteiger partial charge in [0.25, 0.3) is 11.8 Å². The summed E-state index contributed by atoms with van der Waals surface area (Å²) in [5.41, 5.74) is 2.24. The van der Waals surface area contributed by atoms with Crippen molar-refractivity contribution in [2.24, 2.45) is 0 Å². The maximum Gasteiger partial charge on any atom is 0.268 e. The summed E-state index contributed by atoms with van der Waals surface area (Å²) in [5.74, 6) is -0.0537. The molecule has 2 aliphatic rings. The van der Waals surface area contributed by atoms with E-state index in [1.54, 1.807) is 42.2 Å². The lowest BCUT2D eigenvalue weighted by atomic mass is 10.1. The third kappa shape index (κ3) is 5.20. The zero-order valence-electron chi connectivity index (χ0n) is 20.2. The Morgan fingerprint density at radius 1 is 1.03 bits per heavy atom. The number of hydrogen-bond acceptors (Lipinski definition) is 5. The molecule has 192 valence electrons. The Kier molecular flexibility index (Phi) is 6.94. The molecule has 0 aliphatic carbocycles. The van der Waals surface area contributed by atoms with Gasteiger partial charge in [0.2, 0.25) is 10.0 Å². The number of amides is 2. The molecule has 0 radical (unpaired) electrons. The van der Waals surface area contributed by atoms with Crippen LogP contribution in [0.2, 0.25) is 5.02 Å². The quantitative estimate of drug-likeness (QED) is 0.490. The minimum atomic E-state index is -3.55. The fourth-order valence-electron chi connectivity index (χ4n) is 4.48. The summed E-state index contributed by atoms with van der Waals surface area (Å²) in [4.78, 5) is 27.7. The number of benzene rings is 3. The first-order valence-corrected chi connectivity index (χ1v) is 13.8. The van der Waals surface area contributed by atoms with Crippen LogP contribution < -0.4 is 15.0 Å². The van der Waals surface area contributed by atoms with Crippen molar-refractivity contribution in [1.82, 2.24) is 4.31 Å². The number of carbonyl (C=O) groups is 2. The third-order valence-electron chi connectivity index (χ3n) is 6.50. The van der Waals surface area contributed by atoms with Gasteiger partial charge in [0, 0.05) is 29.4 Å². The summed E-state index contributed by atoms with van der Waals surface area (Å²) in [7, 11) is -3.55. The van der Waals surface area contributed by atoms with Crippen LogP contribution in [0.3, 0.4) is 0 Å². The van der Waals surface area contributed by atoms with Crippen LogP contribution in [0.25, 0.3) is 0 Å². The van der Waals surface area contributed by atoms with Gasteiger partial charge in [0.15, 0.2) is 6.10 Å². The molecule has 0 bridgehead atoms. The second-order valence-corrected chi connectivity index (χ2v) is 11.5. The second kappa shape index (κ2) is 10.2. The first-order chi connectivity index (χ1) is 17.7. The van der Waals surface area contributed by atoms with Crippen molar-refractivity contribution >= 4 is 44.8 Å². The highest BCUT2D eigenvalue weighted by Crippen LogP contribution is 2.37. The summed E-state index contributed by atoms with van der Waals surface area (Å²) >= 11 is 5.99. The molecular weight excluding hydrogens is 514 g/mol. The van der Waals surface area contributed by atoms with Gasteiger partial charge in [-0.15, -0.1) is 0 Å². The molecule has 3 aromatic carbocycles. The van der Waals surface area contributed by atoms with Gasteiger partial charge in [-0.3, -0.25) is 9.59 Å². The SMILES string of the molecule is CC1Oc2ccc(NC(=O)c3ccc(S(=O)(=O)N4CCCC4)cc3)cc2N(Cc2ccc(Cl)cc2)C1=O. The van der Waals surface area contributed by atoms with Crippen LogP contribution in [-0.2, 0) is 21.4 Å². The summed E-state index contributed by atoms with van der Waals surface area (Å²) in [6, 6.07) is 18.3. The Bertz CT molecular complexity index is 1440. The Morgan fingerprint density at radius 3 is 2.38 bits per heavy atom. The Labute approximate surface area is 220 Å². The number of nitrogens with one attached hydrogen (secondary N) is 1. The van der Waals surface area contributed by atoms with Crippen LogP contribution in [0.5, 0.6) is 5.75 Å². The molecule has 1 unspecified atom stereocenters. The molecular formula is C27H26ClN3O5S. The fraction of sp³-hybridized carbons (Fsp3) is 0.259. The molecule has 8 nitrogen and oxygen atoms in total. The van der Waals surface area contributed by atoms with Crippen molar-refractivity contribution in [2.45, 2.75) is 37.3 Å². The van der Waals surface area contributed by atoms with E-state index in [0.717, 1.165) is 18.4 Å². The van der Waals surface area contributed by atoms with Gasteiger partial charge in [-0.25, -0.2) is 8.42 Å². The fourth-order valence-corrected chi connectivity index (χ4v) is 6.12. The highest BCUT2D eigenvalue weighted by molar-refractivity contribution is 7.89. The smallest absolute Gasteiger partial charge is 0.268 e. The van der Waals surface area contributed by atoms with Crippen molar-refractivity contribution < 1.29 is 22.7 Å². The Balaban J connectivity index is 1.35. The Morgan fingerprint density at radius 2 is 1.70 bits per heavy atom. The predicted molar refractivity (Wildman–Crippen MR) is 142 cm³/mol. The monoisotopic (exact) mass is 539 g/mol. The zero-order valence-corrected chi connectivity index (χ0v) is 21.8. The van der Waals surface area contributed by atoms with Crippen molar-refractivity contribution in [3.05, 3.63) is 82.9 Å². The highest BCUT2D eigenvalue weighted by Gasteiger charge is 2.32. The van der Waals surface area contributed by atoms with Gasteiger partial charge in [-0.05, 0) is 79.9 Å². The first-order valence-electron chi connectivity index (χ1n) is 12.0. The van der Waals surface area contributed by atoms with E-state index in [1.807, 2.05) is 12.1 Å². The molecule has 3 aromatic rings. The number of halogens is 1. The number of nitrogens with zero attached hydrogens (tertiary/aromatic N) is 2. The van der Waals surface area contributed by atoms with Gasteiger partial charge < -0.3 is 15.0 Å². The second-order valence-electron chi connectivity index (χ2n) is 9.08. The maximum atomic E-state index is 13.0. The molecule has 0 spiro atoms. The molecule has 5 rings (SSSR count). The van der Waals surface area contributed by atoms with Gasteiger partial charge in [0.05, 0.1) is 17.1 Å². The first kappa shape index (κ1) is 25.3. The van der Waals surface area contributed by atoms with Gasteiger partial charge in [-0.2, -0.15) is 4.31 Å². The molecule has 2 aliphatic heterocycles. The topological polar surface area (TPSA) is 96.0 Å². The van der Waals surface area contributed by atoms with Crippen LogP contribution in [0.15, 0.2) is 71.6 Å². The lowest BCUT2D eigenvalue weighted by Gasteiger charge is -2.33. The van der Waals surface area contributed by atoms with E-state index in [4.69, 9.17) is 16.3 Å². The van der Waals surface area contributed by atoms with E-state index < -0.39 is 22.0 Å². The van der Waals surface area contributed by atoms with Crippen molar-refractivity contribution in [3.63, 3.8) is 0 Å². The van der Waals surface area contributed by atoms with Crippen molar-refractivity contribution in [2.75, 3.05) is 23.3 Å². The number of ether oxygens (including phenoxy) is 1. The van der Waals surface area contributed by atoms with E-state index in [9.17, 15) is 18.0 Å². The molecule has 1 fully saturated rings. The number of hydrogen-bond donors (Lipinski definition) is 1. The molecule has 0 aromatic heterocycles. The van der Waals surface area contributed by atoms with Crippen LogP contribution in [0, 0.1) is 0 Å². The third-order valence-corrected chi connectivity index (χ3v) is 8.66. The van der Waals surface area contributed by atoms with Gasteiger partial charge >= 0.3 is 0 Å². The van der Waals surface area contributed by atoms with E-state index in [0.29, 0.717) is 47.3 Å². The zero-order chi connectivity index (χ0) is 26.2. The van der Waals surface area contributed by atoms with Crippen molar-refractivity contribution in [3.8, 4) is 5.75 Å². The average Bonchev–Trinajstić information content (AvgIpc) is 3.44. The van der Waals surface area contributed by atoms with Crippen LogP contribution >= 0.6 is 11.6 Å². The average molecular weight is 540 g/mol. The number of rotatable bonds is 6. The van der Waals surface area contributed by atoms with E-state index in [-0.39, 0.29) is 10.8 Å². The number of anilines is 2. The molecule has 10 heteroatoms. The highest BCUT2D eigenvalue weighted by atomic mass is 35.5. The van der Waals surface area contributed by atoms with E-state index in [1.165, 1.54) is 28.6 Å². The largest absolute Gasteiger partial charge is 0.479 e. The molecule has 2 amide bonds. The van der Waals surface area contributed by atoms with Crippen molar-refractivity contribution in [1.29, 1.82) is 0 Å². The lowest BCUT2D eigenvalue weighted by Crippen LogP contribution is -2.44. The van der Waals surface area contributed by atoms with Gasteiger partial charge in [0.1, 0.15) is 5.75 Å². The lowest BCUT2D eigenvalue weighted by molar-refractivity contribution is -0.125. The minimum absolute atomic E-state index is 0.169. The molecule has 1 N–H and O–H groups in total. The molecule has 0 saturated carbocycles. The molecule has 2 heterocycles. The van der Waals surface area contributed by atoms with Crippen LogP contribution in [0.1, 0.15) is 35.7 Å². The predicted octanol–water partition coefficient (Wildman–Crippen LogP) is 4.69. The number of carbonyl (C=O) groups excluding carboxylic acids is 2. The minimum Gasteiger partial charge on any atom is -0.479 e. The van der Waals surface area contributed by atoms with Gasteiger partial charge in [-0.1, -0.05) is 23.7 Å². The molecule has 37 heavy (non-hydrogen) atoms. The van der Waals surface area contributed by atoms with Crippen LogP contribution in [0.4, 0.5) is 11.4 Å². The summed E-state index contributed by atoms with van der Waals surface area (Å²) in [5, 5.41) is 3.44. The summed E-state index contributed by atoms with van der Waals surface area (Å²) in [6.45, 7) is 3.05. The molecule has 1 atom stereocenters. The maximum absolute atomic E-state index is 13.0. The number of sulfonamides is 1. The summed E-state index contributed by atoms with van der Waals surface area (Å²) < 4.78 is 32.7. The Hall–Kier alpha value is -3.40. The van der Waals surface area contributed by atoms with E-state index >= 15 is 0 Å². The standard InChI is InChI=1S/C27H26ClN3O5S/c1-18-27(33)31(17-19-4-8-21(28)9-5-19)24-16-22(10-13-25(24)36-18)29-26(32)20-6-11-23(12-7-20)37(34,35)30-14-2-3-15-30/h4-13,16,18H,2-3,14-15,17H2,1H3,(H,29,32). The number of fused-ring (bicyclic) bond motifs is 1. The molecule has 1 saturated heterocycles.